The zero-order chi connectivity index (χ0) is 24.8. The van der Waals surface area contributed by atoms with E-state index >= 15 is 0 Å². The molecule has 1 fully saturated rings. The van der Waals surface area contributed by atoms with Gasteiger partial charge in [-0.2, -0.15) is 9.40 Å². The third-order valence-corrected chi connectivity index (χ3v) is 7.46. The van der Waals surface area contributed by atoms with Gasteiger partial charge in [0.15, 0.2) is 0 Å². The molecule has 0 bridgehead atoms. The minimum absolute atomic E-state index is 0.304. The molecule has 0 atom stereocenters. The molecule has 0 spiro atoms. The second-order valence-electron chi connectivity index (χ2n) is 8.30. The molecular formula is C24H28N6O4S. The van der Waals surface area contributed by atoms with E-state index in [2.05, 4.69) is 26.7 Å². The van der Waals surface area contributed by atoms with Crippen molar-refractivity contribution >= 4 is 33.2 Å². The van der Waals surface area contributed by atoms with E-state index < -0.39 is 27.6 Å². The number of rotatable bonds is 8. The van der Waals surface area contributed by atoms with Crippen LogP contribution in [0.4, 0.5) is 11.4 Å². The van der Waals surface area contributed by atoms with E-state index in [9.17, 15) is 18.0 Å². The minimum Gasteiger partial charge on any atom is -0.369 e. The fourth-order valence-corrected chi connectivity index (χ4v) is 5.20. The van der Waals surface area contributed by atoms with Gasteiger partial charge in [0, 0.05) is 49.9 Å². The van der Waals surface area contributed by atoms with E-state index in [0.29, 0.717) is 31.9 Å². The lowest BCUT2D eigenvalue weighted by Gasteiger charge is -2.35. The van der Waals surface area contributed by atoms with Crippen molar-refractivity contribution in [2.75, 3.05) is 48.7 Å². The van der Waals surface area contributed by atoms with E-state index in [1.54, 1.807) is 41.3 Å². The number of aromatic nitrogens is 2. The highest BCUT2D eigenvalue weighted by atomic mass is 32.2. The van der Waals surface area contributed by atoms with Gasteiger partial charge >= 0.3 is 0 Å². The summed E-state index contributed by atoms with van der Waals surface area (Å²) < 4.78 is 28.4. The van der Waals surface area contributed by atoms with Gasteiger partial charge in [-0.3, -0.25) is 9.59 Å². The first-order chi connectivity index (χ1) is 16.8. The van der Waals surface area contributed by atoms with Crippen molar-refractivity contribution < 1.29 is 18.0 Å². The Morgan fingerprint density at radius 2 is 1.69 bits per heavy atom. The molecule has 2 aromatic carbocycles. The molecule has 3 aromatic rings. The quantitative estimate of drug-likeness (QED) is 0.487. The van der Waals surface area contributed by atoms with Crippen LogP contribution in [-0.2, 0) is 19.6 Å². The SMILES string of the molecule is Cc1cccc(N2CCN(S(=O)(=O)CC(=O)NCC(=O)Nc3ccc(-n4cccn4)cc3)CC2)c1. The van der Waals surface area contributed by atoms with Gasteiger partial charge in [0.05, 0.1) is 12.2 Å². The summed E-state index contributed by atoms with van der Waals surface area (Å²) in [6.07, 6.45) is 3.48. The highest BCUT2D eigenvalue weighted by Gasteiger charge is 2.29. The third kappa shape index (κ3) is 6.46. The van der Waals surface area contributed by atoms with E-state index in [0.717, 1.165) is 16.9 Å². The number of carbonyl (C=O) groups excluding carboxylic acids is 2. The Hall–Kier alpha value is -3.70. The molecule has 2 amide bonds. The third-order valence-electron chi connectivity index (χ3n) is 5.68. The summed E-state index contributed by atoms with van der Waals surface area (Å²) in [7, 11) is -3.77. The van der Waals surface area contributed by atoms with E-state index in [1.807, 2.05) is 31.2 Å². The predicted molar refractivity (Wildman–Crippen MR) is 134 cm³/mol. The molecule has 184 valence electrons. The van der Waals surface area contributed by atoms with Gasteiger partial charge in [0.1, 0.15) is 5.75 Å². The first-order valence-electron chi connectivity index (χ1n) is 11.3. The first-order valence-corrected chi connectivity index (χ1v) is 12.9. The van der Waals surface area contributed by atoms with Gasteiger partial charge in [0.25, 0.3) is 0 Å². The molecule has 10 nitrogen and oxygen atoms in total. The zero-order valence-electron chi connectivity index (χ0n) is 19.4. The molecule has 0 unspecified atom stereocenters. The Labute approximate surface area is 204 Å². The number of hydrogen-bond donors (Lipinski definition) is 2. The highest BCUT2D eigenvalue weighted by Crippen LogP contribution is 2.19. The van der Waals surface area contributed by atoms with Crippen LogP contribution in [0.2, 0.25) is 0 Å². The Kier molecular flexibility index (Phi) is 7.47. The van der Waals surface area contributed by atoms with Crippen LogP contribution in [0.1, 0.15) is 5.56 Å². The molecule has 2 N–H and O–H groups in total. The molecule has 35 heavy (non-hydrogen) atoms. The maximum absolute atomic E-state index is 12.7. The molecule has 2 heterocycles. The summed E-state index contributed by atoms with van der Waals surface area (Å²) in [6.45, 7) is 3.40. The predicted octanol–water partition coefficient (Wildman–Crippen LogP) is 1.39. The minimum atomic E-state index is -3.77. The van der Waals surface area contributed by atoms with Crippen molar-refractivity contribution in [1.29, 1.82) is 0 Å². The number of sulfonamides is 1. The molecule has 0 aliphatic carbocycles. The summed E-state index contributed by atoms with van der Waals surface area (Å²) in [5, 5.41) is 9.20. The first kappa shape index (κ1) is 24.4. The monoisotopic (exact) mass is 496 g/mol. The van der Waals surface area contributed by atoms with Crippen molar-refractivity contribution in [2.24, 2.45) is 0 Å². The standard InChI is InChI=1S/C24H28N6O4S/c1-19-4-2-5-22(16-19)28-12-14-29(15-13-28)35(33,34)18-24(32)25-17-23(31)27-20-6-8-21(9-7-20)30-11-3-10-26-30/h2-11,16H,12-15,17-18H2,1H3,(H,25,32)(H,27,31). The molecule has 1 saturated heterocycles. The summed E-state index contributed by atoms with van der Waals surface area (Å²) in [6, 6.07) is 16.9. The van der Waals surface area contributed by atoms with Crippen LogP contribution in [0.25, 0.3) is 5.69 Å². The largest absolute Gasteiger partial charge is 0.369 e. The van der Waals surface area contributed by atoms with Crippen molar-refractivity contribution in [3.63, 3.8) is 0 Å². The highest BCUT2D eigenvalue weighted by molar-refractivity contribution is 7.89. The molecule has 4 rings (SSSR count). The van der Waals surface area contributed by atoms with Gasteiger partial charge < -0.3 is 15.5 Å². The molecular weight excluding hydrogens is 468 g/mol. The van der Waals surface area contributed by atoms with Gasteiger partial charge in [-0.1, -0.05) is 12.1 Å². The lowest BCUT2D eigenvalue weighted by atomic mass is 10.2. The summed E-state index contributed by atoms with van der Waals surface area (Å²) >= 11 is 0. The lowest BCUT2D eigenvalue weighted by Crippen LogP contribution is -2.51. The molecule has 1 aliphatic heterocycles. The summed E-state index contributed by atoms with van der Waals surface area (Å²) in [5.74, 6) is -1.85. The van der Waals surface area contributed by atoms with Crippen LogP contribution in [-0.4, -0.2) is 72.8 Å². The van der Waals surface area contributed by atoms with E-state index in [1.165, 1.54) is 4.31 Å². The van der Waals surface area contributed by atoms with Gasteiger partial charge in [-0.25, -0.2) is 13.1 Å². The summed E-state index contributed by atoms with van der Waals surface area (Å²) in [5.41, 5.74) is 3.59. The topological polar surface area (TPSA) is 117 Å². The fourth-order valence-electron chi connectivity index (χ4n) is 3.86. The number of benzene rings is 2. The molecule has 11 heteroatoms. The van der Waals surface area contributed by atoms with Gasteiger partial charge in [-0.15, -0.1) is 0 Å². The van der Waals surface area contributed by atoms with Gasteiger partial charge in [-0.05, 0) is 55.0 Å². The lowest BCUT2D eigenvalue weighted by molar-refractivity contribution is -0.122. The maximum atomic E-state index is 12.7. The van der Waals surface area contributed by atoms with Crippen LogP contribution in [0, 0.1) is 6.92 Å². The number of hydrogen-bond acceptors (Lipinski definition) is 6. The average Bonchev–Trinajstić information content (AvgIpc) is 3.38. The number of amides is 2. The number of nitrogens with zero attached hydrogens (tertiary/aromatic N) is 4. The Morgan fingerprint density at radius 3 is 2.34 bits per heavy atom. The van der Waals surface area contributed by atoms with E-state index in [4.69, 9.17) is 0 Å². The number of carbonyl (C=O) groups is 2. The second-order valence-corrected chi connectivity index (χ2v) is 10.3. The van der Waals surface area contributed by atoms with Gasteiger partial charge in [0.2, 0.25) is 21.8 Å². The normalized spacial score (nSPS) is 14.5. The molecule has 0 saturated carbocycles. The van der Waals surface area contributed by atoms with E-state index in [-0.39, 0.29) is 6.54 Å². The second kappa shape index (κ2) is 10.7. The molecule has 1 aliphatic rings. The zero-order valence-corrected chi connectivity index (χ0v) is 20.2. The van der Waals surface area contributed by atoms with Crippen LogP contribution < -0.4 is 15.5 Å². The Morgan fingerprint density at radius 1 is 0.943 bits per heavy atom. The van der Waals surface area contributed by atoms with Crippen LogP contribution in [0.15, 0.2) is 67.0 Å². The number of anilines is 2. The van der Waals surface area contributed by atoms with Crippen molar-refractivity contribution in [3.05, 3.63) is 72.6 Å². The molecule has 0 radical (unpaired) electrons. The van der Waals surface area contributed by atoms with Crippen LogP contribution >= 0.6 is 0 Å². The average molecular weight is 497 g/mol. The number of aryl methyl sites for hydroxylation is 1. The smallest absolute Gasteiger partial charge is 0.243 e. The maximum Gasteiger partial charge on any atom is 0.243 e. The van der Waals surface area contributed by atoms with Crippen molar-refractivity contribution in [1.82, 2.24) is 19.4 Å². The van der Waals surface area contributed by atoms with Crippen LogP contribution in [0.3, 0.4) is 0 Å². The van der Waals surface area contributed by atoms with Crippen molar-refractivity contribution in [3.8, 4) is 5.69 Å². The Bertz CT molecular complexity index is 1270. The molecule has 1 aromatic heterocycles. The van der Waals surface area contributed by atoms with Crippen molar-refractivity contribution in [2.45, 2.75) is 6.92 Å². The Balaban J connectivity index is 1.21. The van der Waals surface area contributed by atoms with Crippen LogP contribution in [0.5, 0.6) is 0 Å². The number of nitrogens with one attached hydrogen (secondary N) is 2. The number of piperazine rings is 1. The fraction of sp³-hybridized carbons (Fsp3) is 0.292. The summed E-state index contributed by atoms with van der Waals surface area (Å²) in [4.78, 5) is 26.6.